The van der Waals surface area contributed by atoms with E-state index in [1.54, 1.807) is 0 Å². The van der Waals surface area contributed by atoms with Crippen LogP contribution < -0.4 is 5.32 Å². The molecule has 0 fully saturated rings. The Bertz CT molecular complexity index is 223. The highest BCUT2D eigenvalue weighted by Gasteiger charge is 1.93. The fourth-order valence-corrected chi connectivity index (χ4v) is 1.14. The maximum Gasteiger partial charge on any atom is 0.0396 e. The number of aromatic nitrogens is 1. The molecule has 0 amide bonds. The largest absolute Gasteiger partial charge is 0.385 e. The summed E-state index contributed by atoms with van der Waals surface area (Å²) in [4.78, 5) is 4.28. The Balaban J connectivity index is 2.89. The molecule has 1 N–H and O–H groups in total. The molecule has 1 rings (SSSR count). The Hall–Kier alpha value is -1.05. The highest BCUT2D eigenvalue weighted by molar-refractivity contribution is 5.44. The van der Waals surface area contributed by atoms with Crippen molar-refractivity contribution in [3.63, 3.8) is 0 Å². The highest BCUT2D eigenvalue weighted by Crippen LogP contribution is 2.09. The maximum absolute atomic E-state index is 4.28. The summed E-state index contributed by atoms with van der Waals surface area (Å²) in [5.74, 6) is 0. The number of pyridine rings is 1. The maximum atomic E-state index is 4.28. The van der Waals surface area contributed by atoms with Crippen LogP contribution in [0.2, 0.25) is 0 Å². The van der Waals surface area contributed by atoms with Crippen LogP contribution in [0.25, 0.3) is 0 Å². The van der Waals surface area contributed by atoms with Gasteiger partial charge in [0.15, 0.2) is 0 Å². The van der Waals surface area contributed by atoms with Crippen LogP contribution in [-0.2, 0) is 0 Å². The average Bonchev–Trinajstić information content (AvgIpc) is 1.85. The standard InChI is InChI=1S/C9H14N2/c1-4-10-9-5-7(2)11-8(3)6-9/h5-6H,4H2,1-3H3,(H,10,11). The van der Waals surface area contributed by atoms with Crippen molar-refractivity contribution in [2.75, 3.05) is 11.9 Å². The Morgan fingerprint density at radius 2 is 1.82 bits per heavy atom. The van der Waals surface area contributed by atoms with Crippen LogP contribution in [0.15, 0.2) is 12.1 Å². The molecule has 0 aromatic carbocycles. The van der Waals surface area contributed by atoms with Crippen molar-refractivity contribution < 1.29 is 0 Å². The van der Waals surface area contributed by atoms with Gasteiger partial charge in [-0.2, -0.15) is 0 Å². The normalized spacial score (nSPS) is 9.73. The number of anilines is 1. The summed E-state index contributed by atoms with van der Waals surface area (Å²) < 4.78 is 0. The summed E-state index contributed by atoms with van der Waals surface area (Å²) in [5, 5.41) is 3.25. The van der Waals surface area contributed by atoms with Crippen molar-refractivity contribution >= 4 is 5.69 Å². The molecule has 0 aliphatic heterocycles. The smallest absolute Gasteiger partial charge is 0.0396 e. The molecule has 1 aromatic rings. The van der Waals surface area contributed by atoms with E-state index in [0.29, 0.717) is 0 Å². The average molecular weight is 150 g/mol. The summed E-state index contributed by atoms with van der Waals surface area (Å²) in [6.07, 6.45) is 0. The number of hydrogen-bond acceptors (Lipinski definition) is 2. The van der Waals surface area contributed by atoms with Crippen LogP contribution in [0.4, 0.5) is 5.69 Å². The van der Waals surface area contributed by atoms with Gasteiger partial charge in [0.1, 0.15) is 0 Å². The van der Waals surface area contributed by atoms with E-state index in [1.165, 1.54) is 0 Å². The molecule has 0 bridgehead atoms. The molecular formula is C9H14N2. The molecule has 1 heterocycles. The van der Waals surface area contributed by atoms with Crippen molar-refractivity contribution in [3.8, 4) is 0 Å². The second-order valence-electron chi connectivity index (χ2n) is 2.67. The number of hydrogen-bond donors (Lipinski definition) is 1. The van der Waals surface area contributed by atoms with Gasteiger partial charge in [0.25, 0.3) is 0 Å². The summed E-state index contributed by atoms with van der Waals surface area (Å²) in [5.41, 5.74) is 3.31. The Labute approximate surface area is 67.7 Å². The molecule has 2 nitrogen and oxygen atoms in total. The predicted molar refractivity (Wildman–Crippen MR) is 47.9 cm³/mol. The Kier molecular flexibility index (Phi) is 2.47. The first-order chi connectivity index (χ1) is 5.22. The van der Waals surface area contributed by atoms with Gasteiger partial charge in [-0.1, -0.05) is 0 Å². The second kappa shape index (κ2) is 3.37. The van der Waals surface area contributed by atoms with Gasteiger partial charge < -0.3 is 5.32 Å². The van der Waals surface area contributed by atoms with Crippen LogP contribution in [0.5, 0.6) is 0 Å². The summed E-state index contributed by atoms with van der Waals surface area (Å²) in [6, 6.07) is 4.10. The van der Waals surface area contributed by atoms with Crippen molar-refractivity contribution in [3.05, 3.63) is 23.5 Å². The summed E-state index contributed by atoms with van der Waals surface area (Å²) in [7, 11) is 0. The third kappa shape index (κ3) is 2.22. The van der Waals surface area contributed by atoms with Gasteiger partial charge in [0.2, 0.25) is 0 Å². The van der Waals surface area contributed by atoms with Gasteiger partial charge in [-0.25, -0.2) is 0 Å². The molecule has 0 unspecified atom stereocenters. The zero-order valence-corrected chi connectivity index (χ0v) is 7.31. The quantitative estimate of drug-likeness (QED) is 0.698. The lowest BCUT2D eigenvalue weighted by Crippen LogP contribution is -1.98. The highest BCUT2D eigenvalue weighted by atomic mass is 14.9. The van der Waals surface area contributed by atoms with Gasteiger partial charge in [0, 0.05) is 23.6 Å². The molecule has 0 atom stereocenters. The third-order valence-electron chi connectivity index (χ3n) is 1.46. The lowest BCUT2D eigenvalue weighted by atomic mass is 10.3. The van der Waals surface area contributed by atoms with Gasteiger partial charge >= 0.3 is 0 Å². The minimum absolute atomic E-state index is 0.961. The lowest BCUT2D eigenvalue weighted by Gasteiger charge is -2.04. The molecule has 0 spiro atoms. The molecule has 0 saturated heterocycles. The number of aryl methyl sites for hydroxylation is 2. The Morgan fingerprint density at radius 3 is 2.27 bits per heavy atom. The molecule has 0 saturated carbocycles. The Morgan fingerprint density at radius 1 is 1.27 bits per heavy atom. The summed E-state index contributed by atoms with van der Waals surface area (Å²) >= 11 is 0. The number of rotatable bonds is 2. The monoisotopic (exact) mass is 150 g/mol. The van der Waals surface area contributed by atoms with Crippen molar-refractivity contribution in [1.82, 2.24) is 4.98 Å². The van der Waals surface area contributed by atoms with Crippen LogP contribution in [0.3, 0.4) is 0 Å². The first-order valence-electron chi connectivity index (χ1n) is 3.91. The van der Waals surface area contributed by atoms with Crippen LogP contribution in [0, 0.1) is 13.8 Å². The van der Waals surface area contributed by atoms with Crippen molar-refractivity contribution in [2.45, 2.75) is 20.8 Å². The van der Waals surface area contributed by atoms with E-state index in [9.17, 15) is 0 Å². The van der Waals surface area contributed by atoms with E-state index in [4.69, 9.17) is 0 Å². The lowest BCUT2D eigenvalue weighted by molar-refractivity contribution is 1.11. The predicted octanol–water partition coefficient (Wildman–Crippen LogP) is 2.13. The minimum atomic E-state index is 0.961. The van der Waals surface area contributed by atoms with E-state index in [0.717, 1.165) is 23.6 Å². The molecule has 2 heteroatoms. The molecule has 0 aliphatic carbocycles. The number of nitrogens with one attached hydrogen (secondary N) is 1. The fourth-order valence-electron chi connectivity index (χ4n) is 1.14. The van der Waals surface area contributed by atoms with E-state index in [2.05, 4.69) is 29.4 Å². The van der Waals surface area contributed by atoms with E-state index in [-0.39, 0.29) is 0 Å². The third-order valence-corrected chi connectivity index (χ3v) is 1.46. The molecule has 0 aliphatic rings. The van der Waals surface area contributed by atoms with Crippen molar-refractivity contribution in [1.29, 1.82) is 0 Å². The van der Waals surface area contributed by atoms with E-state index in [1.807, 2.05) is 13.8 Å². The molecular weight excluding hydrogens is 136 g/mol. The molecule has 11 heavy (non-hydrogen) atoms. The molecule has 1 aromatic heterocycles. The molecule has 0 radical (unpaired) electrons. The van der Waals surface area contributed by atoms with E-state index >= 15 is 0 Å². The topological polar surface area (TPSA) is 24.9 Å². The SMILES string of the molecule is CCNc1cc(C)nc(C)c1. The van der Waals surface area contributed by atoms with Crippen molar-refractivity contribution in [2.24, 2.45) is 0 Å². The number of nitrogens with zero attached hydrogens (tertiary/aromatic N) is 1. The van der Waals surface area contributed by atoms with Crippen LogP contribution in [-0.4, -0.2) is 11.5 Å². The first kappa shape index (κ1) is 8.05. The zero-order valence-electron chi connectivity index (χ0n) is 7.31. The molecule has 60 valence electrons. The first-order valence-corrected chi connectivity index (χ1v) is 3.91. The zero-order chi connectivity index (χ0) is 8.27. The second-order valence-corrected chi connectivity index (χ2v) is 2.67. The van der Waals surface area contributed by atoms with E-state index < -0.39 is 0 Å². The fraction of sp³-hybridized carbons (Fsp3) is 0.444. The van der Waals surface area contributed by atoms with Gasteiger partial charge in [-0.05, 0) is 32.9 Å². The van der Waals surface area contributed by atoms with Crippen LogP contribution >= 0.6 is 0 Å². The van der Waals surface area contributed by atoms with Gasteiger partial charge in [-0.15, -0.1) is 0 Å². The van der Waals surface area contributed by atoms with Gasteiger partial charge in [0.05, 0.1) is 0 Å². The van der Waals surface area contributed by atoms with Crippen LogP contribution in [0.1, 0.15) is 18.3 Å². The summed E-state index contributed by atoms with van der Waals surface area (Å²) in [6.45, 7) is 7.07. The van der Waals surface area contributed by atoms with Gasteiger partial charge in [-0.3, -0.25) is 4.98 Å². The minimum Gasteiger partial charge on any atom is -0.385 e.